The predicted molar refractivity (Wildman–Crippen MR) is 52.6 cm³/mol. The smallest absolute Gasteiger partial charge is 0.0665 e. The van der Waals surface area contributed by atoms with Crippen molar-refractivity contribution in [1.82, 2.24) is 0 Å². The lowest BCUT2D eigenvalue weighted by Gasteiger charge is -2.15. The van der Waals surface area contributed by atoms with Gasteiger partial charge in [-0.2, -0.15) is 0 Å². The first kappa shape index (κ1) is 8.23. The maximum Gasteiger partial charge on any atom is 0.0665 e. The first-order valence-corrected chi connectivity index (χ1v) is 4.47. The second kappa shape index (κ2) is 2.83. The van der Waals surface area contributed by atoms with Crippen LogP contribution in [-0.4, -0.2) is 6.04 Å². The third-order valence-corrected chi connectivity index (χ3v) is 2.87. The summed E-state index contributed by atoms with van der Waals surface area (Å²) in [5, 5.41) is 4.60. The molecule has 13 heavy (non-hydrogen) atoms. The SMILES string of the molecule is C[C@@H]1[C@@H](C)c2ccccc2N1N=O. The molecule has 68 valence electrons. The van der Waals surface area contributed by atoms with Crippen LogP contribution in [0.3, 0.4) is 0 Å². The summed E-state index contributed by atoms with van der Waals surface area (Å²) in [5.41, 5.74) is 2.17. The van der Waals surface area contributed by atoms with Gasteiger partial charge in [0.05, 0.1) is 17.0 Å². The second-order valence-electron chi connectivity index (χ2n) is 3.51. The molecule has 0 amide bonds. The van der Waals surface area contributed by atoms with Crippen molar-refractivity contribution in [3.8, 4) is 0 Å². The zero-order valence-electron chi connectivity index (χ0n) is 7.77. The molecule has 2 rings (SSSR count). The van der Waals surface area contributed by atoms with Crippen LogP contribution in [0.1, 0.15) is 25.3 Å². The van der Waals surface area contributed by atoms with E-state index in [4.69, 9.17) is 0 Å². The van der Waals surface area contributed by atoms with E-state index in [0.717, 1.165) is 5.69 Å². The molecule has 0 aliphatic carbocycles. The van der Waals surface area contributed by atoms with E-state index in [1.165, 1.54) is 5.56 Å². The van der Waals surface area contributed by atoms with Crippen molar-refractivity contribution in [2.75, 3.05) is 5.01 Å². The normalized spacial score (nSPS) is 25.8. The molecule has 1 heterocycles. The van der Waals surface area contributed by atoms with E-state index < -0.39 is 0 Å². The van der Waals surface area contributed by atoms with Gasteiger partial charge in [0.15, 0.2) is 0 Å². The number of benzene rings is 1. The fourth-order valence-electron chi connectivity index (χ4n) is 1.89. The van der Waals surface area contributed by atoms with Crippen LogP contribution in [0.2, 0.25) is 0 Å². The Balaban J connectivity index is 2.53. The van der Waals surface area contributed by atoms with Gasteiger partial charge in [0.2, 0.25) is 0 Å². The average Bonchev–Trinajstić information content (AvgIpc) is 2.41. The number of hydrogen-bond donors (Lipinski definition) is 0. The van der Waals surface area contributed by atoms with Gasteiger partial charge in [0.25, 0.3) is 0 Å². The third-order valence-electron chi connectivity index (χ3n) is 2.87. The Morgan fingerprint density at radius 3 is 2.69 bits per heavy atom. The molecule has 0 fully saturated rings. The first-order valence-electron chi connectivity index (χ1n) is 4.47. The van der Waals surface area contributed by atoms with Crippen LogP contribution in [0.5, 0.6) is 0 Å². The number of fused-ring (bicyclic) bond motifs is 1. The van der Waals surface area contributed by atoms with Crippen LogP contribution in [-0.2, 0) is 0 Å². The summed E-state index contributed by atoms with van der Waals surface area (Å²) in [4.78, 5) is 10.6. The van der Waals surface area contributed by atoms with Crippen molar-refractivity contribution < 1.29 is 0 Å². The van der Waals surface area contributed by atoms with E-state index in [-0.39, 0.29) is 6.04 Å². The zero-order valence-corrected chi connectivity index (χ0v) is 7.77. The van der Waals surface area contributed by atoms with Gasteiger partial charge in [0.1, 0.15) is 0 Å². The quantitative estimate of drug-likeness (QED) is 0.616. The Bertz CT molecular complexity index is 337. The average molecular weight is 176 g/mol. The van der Waals surface area contributed by atoms with Crippen LogP contribution in [0, 0.1) is 4.91 Å². The molecule has 0 saturated heterocycles. The number of nitrogens with zero attached hydrogens (tertiary/aromatic N) is 2. The first-order chi connectivity index (χ1) is 6.25. The van der Waals surface area contributed by atoms with E-state index in [1.807, 2.05) is 25.1 Å². The van der Waals surface area contributed by atoms with E-state index >= 15 is 0 Å². The fraction of sp³-hybridized carbons (Fsp3) is 0.400. The lowest BCUT2D eigenvalue weighted by molar-refractivity contribution is 0.604. The molecule has 3 nitrogen and oxygen atoms in total. The maximum atomic E-state index is 10.6. The van der Waals surface area contributed by atoms with Crippen molar-refractivity contribution in [3.63, 3.8) is 0 Å². The van der Waals surface area contributed by atoms with E-state index in [0.29, 0.717) is 5.92 Å². The summed E-state index contributed by atoms with van der Waals surface area (Å²) in [6.45, 7) is 4.14. The van der Waals surface area contributed by atoms with Gasteiger partial charge in [-0.25, -0.2) is 5.01 Å². The number of anilines is 1. The van der Waals surface area contributed by atoms with Gasteiger partial charge in [-0.3, -0.25) is 0 Å². The molecule has 2 atom stereocenters. The van der Waals surface area contributed by atoms with E-state index in [9.17, 15) is 4.91 Å². The molecule has 1 aromatic carbocycles. The van der Waals surface area contributed by atoms with Crippen LogP contribution >= 0.6 is 0 Å². The molecule has 0 bridgehead atoms. The summed E-state index contributed by atoms with van der Waals surface area (Å²) < 4.78 is 0. The zero-order chi connectivity index (χ0) is 9.42. The summed E-state index contributed by atoms with van der Waals surface area (Å²) in [6.07, 6.45) is 0. The Hall–Kier alpha value is -1.38. The highest BCUT2D eigenvalue weighted by atomic mass is 16.3. The number of nitroso groups, excluding NO2 is 1. The largest absolute Gasteiger partial charge is 0.226 e. The molecule has 0 aromatic heterocycles. The minimum atomic E-state index is 0.176. The molecule has 1 aromatic rings. The van der Waals surface area contributed by atoms with E-state index in [1.54, 1.807) is 5.01 Å². The standard InChI is InChI=1S/C10H12N2O/c1-7-8(2)12(11-13)10-6-4-3-5-9(7)10/h3-8H,1-2H3/t7-,8-/m1/s1. The summed E-state index contributed by atoms with van der Waals surface area (Å²) >= 11 is 0. The number of para-hydroxylation sites is 1. The van der Waals surface area contributed by atoms with Gasteiger partial charge >= 0.3 is 0 Å². The van der Waals surface area contributed by atoms with Gasteiger partial charge in [0, 0.05) is 5.92 Å². The molecular formula is C10H12N2O. The fourth-order valence-corrected chi connectivity index (χ4v) is 1.89. The minimum Gasteiger partial charge on any atom is -0.226 e. The van der Waals surface area contributed by atoms with Crippen molar-refractivity contribution in [2.24, 2.45) is 5.29 Å². The monoisotopic (exact) mass is 176 g/mol. The molecule has 3 heteroatoms. The van der Waals surface area contributed by atoms with Crippen LogP contribution in [0.4, 0.5) is 5.69 Å². The summed E-state index contributed by atoms with van der Waals surface area (Å²) in [6, 6.07) is 8.10. The third kappa shape index (κ3) is 1.03. The second-order valence-corrected chi connectivity index (χ2v) is 3.51. The van der Waals surface area contributed by atoms with E-state index in [2.05, 4.69) is 18.3 Å². The lowest BCUT2D eigenvalue weighted by Crippen LogP contribution is -2.24. The Labute approximate surface area is 77.3 Å². The van der Waals surface area contributed by atoms with Crippen molar-refractivity contribution in [1.29, 1.82) is 0 Å². The number of rotatable bonds is 1. The topological polar surface area (TPSA) is 32.7 Å². The van der Waals surface area contributed by atoms with Crippen LogP contribution in [0.15, 0.2) is 29.6 Å². The van der Waals surface area contributed by atoms with Crippen LogP contribution in [0.25, 0.3) is 0 Å². The van der Waals surface area contributed by atoms with Gasteiger partial charge in [-0.05, 0) is 18.6 Å². The highest BCUT2D eigenvalue weighted by Crippen LogP contribution is 2.40. The molecule has 1 aliphatic heterocycles. The molecule has 0 unspecified atom stereocenters. The molecule has 1 aliphatic rings. The molecule has 0 spiro atoms. The molecule has 0 radical (unpaired) electrons. The highest BCUT2D eigenvalue weighted by Gasteiger charge is 2.33. The molecule has 0 saturated carbocycles. The molecular weight excluding hydrogens is 164 g/mol. The van der Waals surface area contributed by atoms with Gasteiger partial charge in [-0.1, -0.05) is 25.1 Å². The van der Waals surface area contributed by atoms with Crippen molar-refractivity contribution in [2.45, 2.75) is 25.8 Å². The van der Waals surface area contributed by atoms with Crippen molar-refractivity contribution >= 4 is 5.69 Å². The highest BCUT2D eigenvalue weighted by molar-refractivity contribution is 5.60. The summed E-state index contributed by atoms with van der Waals surface area (Å²) in [7, 11) is 0. The van der Waals surface area contributed by atoms with Gasteiger partial charge in [-0.15, -0.1) is 4.91 Å². The minimum absolute atomic E-state index is 0.176. The number of hydrogen-bond acceptors (Lipinski definition) is 2. The molecule has 0 N–H and O–H groups in total. The Morgan fingerprint density at radius 1 is 1.31 bits per heavy atom. The Morgan fingerprint density at radius 2 is 2.00 bits per heavy atom. The van der Waals surface area contributed by atoms with Gasteiger partial charge < -0.3 is 0 Å². The summed E-state index contributed by atoms with van der Waals surface area (Å²) in [5.74, 6) is 0.383. The predicted octanol–water partition coefficient (Wildman–Crippen LogP) is 2.68. The lowest BCUT2D eigenvalue weighted by atomic mass is 9.99. The maximum absolute atomic E-state index is 10.6. The van der Waals surface area contributed by atoms with Crippen LogP contribution < -0.4 is 5.01 Å². The van der Waals surface area contributed by atoms with Crippen molar-refractivity contribution in [3.05, 3.63) is 34.7 Å². The Kier molecular flexibility index (Phi) is 1.79.